The first-order valence-electron chi connectivity index (χ1n) is 30.3. The van der Waals surface area contributed by atoms with Crippen LogP contribution in [-0.2, 0) is 35.7 Å². The van der Waals surface area contributed by atoms with Gasteiger partial charge in [-0.25, -0.2) is 19.0 Å². The molecular formula is C70H85ClN12O6. The van der Waals surface area contributed by atoms with Gasteiger partial charge in [0.15, 0.2) is 0 Å². The summed E-state index contributed by atoms with van der Waals surface area (Å²) in [6, 6.07) is 51.1. The molecule has 0 spiro atoms. The van der Waals surface area contributed by atoms with E-state index in [0.717, 1.165) is 75.0 Å². The van der Waals surface area contributed by atoms with Gasteiger partial charge in [0.2, 0.25) is 0 Å². The molecule has 19 heteroatoms. The average molecular weight is 1230 g/mol. The minimum atomic E-state index is -0.596. The number of carbonyl (C=O) groups excluding carboxylic acids is 4. The normalized spacial score (nSPS) is 13.6. The number of carbonyl (C=O) groups is 4. The number of anilines is 2. The summed E-state index contributed by atoms with van der Waals surface area (Å²) in [4.78, 5) is 51.7. The molecule has 0 aliphatic heterocycles. The van der Waals surface area contributed by atoms with Gasteiger partial charge in [0.25, 0.3) is 11.8 Å². The Morgan fingerprint density at radius 3 is 1.25 bits per heavy atom. The molecule has 10 rings (SSSR count). The monoisotopic (exact) mass is 1220 g/mol. The fourth-order valence-electron chi connectivity index (χ4n) is 10.1. The molecule has 2 fully saturated rings. The second-order valence-corrected chi connectivity index (χ2v) is 24.8. The molecule has 4 amide bonds. The van der Waals surface area contributed by atoms with Crippen molar-refractivity contribution in [3.05, 3.63) is 225 Å². The molecule has 2 heterocycles. The Morgan fingerprint density at radius 1 is 0.494 bits per heavy atom. The zero-order valence-electron chi connectivity index (χ0n) is 52.2. The molecule has 2 atom stereocenters. The molecule has 0 bridgehead atoms. The van der Waals surface area contributed by atoms with E-state index in [1.54, 1.807) is 21.5 Å². The number of alkyl carbamates (subject to hydrolysis) is 2. The molecule has 8 aromatic rings. The van der Waals surface area contributed by atoms with E-state index in [-0.39, 0.29) is 42.8 Å². The maximum absolute atomic E-state index is 13.8. The van der Waals surface area contributed by atoms with Crippen LogP contribution in [0.1, 0.15) is 156 Å². The molecule has 0 radical (unpaired) electrons. The van der Waals surface area contributed by atoms with Crippen LogP contribution in [0.3, 0.4) is 0 Å². The number of benzene rings is 6. The van der Waals surface area contributed by atoms with Crippen molar-refractivity contribution in [2.24, 2.45) is 23.3 Å². The number of ether oxygens (including phenoxy) is 2. The third-order valence-corrected chi connectivity index (χ3v) is 14.7. The van der Waals surface area contributed by atoms with E-state index in [0.29, 0.717) is 54.0 Å². The summed E-state index contributed by atoms with van der Waals surface area (Å²) in [5, 5.41) is 28.5. The van der Waals surface area contributed by atoms with E-state index in [4.69, 9.17) is 20.9 Å². The largest absolute Gasteiger partial charge is 0.444 e. The van der Waals surface area contributed by atoms with Crippen LogP contribution >= 0.6 is 12.4 Å². The molecule has 10 N–H and O–H groups in total. The number of aromatic nitrogens is 4. The van der Waals surface area contributed by atoms with Gasteiger partial charge in [-0.3, -0.25) is 9.59 Å². The fourth-order valence-corrected chi connectivity index (χ4v) is 10.1. The summed E-state index contributed by atoms with van der Waals surface area (Å²) in [5.41, 5.74) is 23.9. The zero-order valence-corrected chi connectivity index (χ0v) is 53.0. The van der Waals surface area contributed by atoms with E-state index < -0.39 is 23.4 Å². The van der Waals surface area contributed by atoms with Crippen LogP contribution in [0, 0.1) is 25.7 Å². The fraction of sp³-hybridized carbons (Fsp3) is 0.343. The number of aryl methyl sites for hydroxylation is 2. The average Bonchev–Trinajstić information content (AvgIpc) is 3.13. The van der Waals surface area contributed by atoms with Gasteiger partial charge in [0.1, 0.15) is 22.6 Å². The Balaban J connectivity index is 0.000000238. The predicted octanol–water partition coefficient (Wildman–Crippen LogP) is 12.4. The maximum Gasteiger partial charge on any atom is 0.407 e. The number of rotatable bonds is 22. The van der Waals surface area contributed by atoms with E-state index in [1.807, 2.05) is 159 Å². The topological polar surface area (TPSA) is 247 Å². The molecule has 2 aliphatic carbocycles. The number of hydrogen-bond acceptors (Lipinski definition) is 12. The summed E-state index contributed by atoms with van der Waals surface area (Å²) in [7, 11) is 0. The van der Waals surface area contributed by atoms with Crippen LogP contribution in [0.25, 0.3) is 11.4 Å². The van der Waals surface area contributed by atoms with Gasteiger partial charge in [0.05, 0.1) is 34.8 Å². The standard InChI is InChI=1S/C40H50N6O5.C30H34N6O.ClH/c1-26-19-34(46(45-26)33-16-9-12-29(21-33)25-43-38(49)51-40(5,6)7)36(47)44-32-15-10-14-31(22-32)35(41-23-27-17-18-27)30-13-8-11-28(20-30)24-42-37(48)50-39(2,3)4;1-20-13-28(36(35-20)27-10-3-6-23(15-27)18-32)30(37)34-26-9-4-8-25(16-26)29(33-19-21-11-12-21)24-7-2-5-22(14-24)17-31;/h8-16,19-22,27,35,41H,17-18,23-25H2,1-7H3,(H,42,48)(H,43,49)(H,44,47);2-10,13-16,21,29,33H,11-12,17-19,31-32H2,1H3,(H,34,37);1H. The molecule has 2 saturated carbocycles. The van der Waals surface area contributed by atoms with Gasteiger partial charge in [-0.05, 0) is 211 Å². The third-order valence-electron chi connectivity index (χ3n) is 14.7. The lowest BCUT2D eigenvalue weighted by Crippen LogP contribution is -2.32. The van der Waals surface area contributed by atoms with E-state index in [2.05, 4.69) is 84.6 Å². The molecular weight excluding hydrogens is 1140 g/mol. The van der Waals surface area contributed by atoms with Crippen LogP contribution in [0.2, 0.25) is 0 Å². The van der Waals surface area contributed by atoms with E-state index in [9.17, 15) is 19.2 Å². The van der Waals surface area contributed by atoms with Gasteiger partial charge in [-0.15, -0.1) is 12.4 Å². The van der Waals surface area contributed by atoms with Crippen molar-refractivity contribution in [1.82, 2.24) is 40.8 Å². The number of nitrogens with two attached hydrogens (primary N) is 2. The maximum atomic E-state index is 13.8. The summed E-state index contributed by atoms with van der Waals surface area (Å²) in [6.07, 6.45) is 4.02. The number of nitrogens with zero attached hydrogens (tertiary/aromatic N) is 4. The van der Waals surface area contributed by atoms with Gasteiger partial charge in [-0.1, -0.05) is 97.1 Å². The highest BCUT2D eigenvalue weighted by Crippen LogP contribution is 2.33. The summed E-state index contributed by atoms with van der Waals surface area (Å²) >= 11 is 0. The molecule has 2 aromatic heterocycles. The van der Waals surface area contributed by atoms with Gasteiger partial charge >= 0.3 is 12.2 Å². The summed E-state index contributed by atoms with van der Waals surface area (Å²) < 4.78 is 14.0. The molecule has 0 saturated heterocycles. The number of hydrogen-bond donors (Lipinski definition) is 8. The Bertz CT molecular complexity index is 3730. The van der Waals surface area contributed by atoms with Crippen molar-refractivity contribution >= 4 is 47.8 Å². The van der Waals surface area contributed by atoms with Crippen LogP contribution in [0.5, 0.6) is 0 Å². The first kappa shape index (κ1) is 66.3. The van der Waals surface area contributed by atoms with Crippen molar-refractivity contribution in [3.8, 4) is 11.4 Å². The van der Waals surface area contributed by atoms with Crippen molar-refractivity contribution in [2.45, 2.75) is 131 Å². The lowest BCUT2D eigenvalue weighted by molar-refractivity contribution is 0.0512. The number of halogens is 1. The van der Waals surface area contributed by atoms with Crippen molar-refractivity contribution < 1.29 is 28.7 Å². The predicted molar refractivity (Wildman–Crippen MR) is 353 cm³/mol. The number of nitrogens with one attached hydrogen (secondary N) is 6. The van der Waals surface area contributed by atoms with E-state index in [1.165, 1.54) is 31.2 Å². The lowest BCUT2D eigenvalue weighted by Gasteiger charge is -2.22. The minimum Gasteiger partial charge on any atom is -0.444 e. The van der Waals surface area contributed by atoms with Crippen LogP contribution in [0.4, 0.5) is 21.0 Å². The Hall–Kier alpha value is -8.65. The zero-order chi connectivity index (χ0) is 62.5. The minimum absolute atomic E-state index is 0. The van der Waals surface area contributed by atoms with Gasteiger partial charge in [0, 0.05) is 37.6 Å². The first-order chi connectivity index (χ1) is 42.1. The van der Waals surface area contributed by atoms with Crippen LogP contribution in [-0.4, -0.2) is 67.9 Å². The number of amides is 4. The smallest absolute Gasteiger partial charge is 0.407 e. The molecule has 6 aromatic carbocycles. The third kappa shape index (κ3) is 19.7. The second-order valence-electron chi connectivity index (χ2n) is 24.8. The second kappa shape index (κ2) is 30.0. The Morgan fingerprint density at radius 2 is 0.843 bits per heavy atom. The first-order valence-corrected chi connectivity index (χ1v) is 30.3. The van der Waals surface area contributed by atoms with Gasteiger partial charge < -0.3 is 52.8 Å². The molecule has 2 unspecified atom stereocenters. The van der Waals surface area contributed by atoms with Crippen LogP contribution in [0.15, 0.2) is 158 Å². The Labute approximate surface area is 528 Å². The molecule has 89 heavy (non-hydrogen) atoms. The highest BCUT2D eigenvalue weighted by molar-refractivity contribution is 6.04. The van der Waals surface area contributed by atoms with Crippen molar-refractivity contribution in [1.29, 1.82) is 0 Å². The lowest BCUT2D eigenvalue weighted by atomic mass is 9.96. The summed E-state index contributed by atoms with van der Waals surface area (Å²) in [5.74, 6) is 0.873. The van der Waals surface area contributed by atoms with E-state index >= 15 is 0 Å². The molecule has 468 valence electrons. The Kier molecular flexibility index (Phi) is 22.4. The summed E-state index contributed by atoms with van der Waals surface area (Å²) in [6.45, 7) is 18.0. The molecule has 2 aliphatic rings. The highest BCUT2D eigenvalue weighted by atomic mass is 35.5. The molecule has 18 nitrogen and oxygen atoms in total. The van der Waals surface area contributed by atoms with Gasteiger partial charge in [-0.2, -0.15) is 10.2 Å². The SMILES string of the molecule is Cc1cc(C(=O)Nc2cccc(C(NCC3CC3)c3cccc(CN)c3)c2)n(-c2cccc(CN)c2)n1.Cc1cc(C(=O)Nc2cccc(C(NCC3CC3)c3cccc(CNC(=O)OC(C)(C)C)c3)c2)n(-c2cccc(CNC(=O)OC(C)(C)C)c2)n1.Cl. The highest BCUT2D eigenvalue weighted by Gasteiger charge is 2.27. The van der Waals surface area contributed by atoms with Crippen molar-refractivity contribution in [2.75, 3.05) is 23.7 Å². The van der Waals surface area contributed by atoms with Crippen molar-refractivity contribution in [3.63, 3.8) is 0 Å². The van der Waals surface area contributed by atoms with Crippen LogP contribution < -0.4 is 43.4 Å². The quantitative estimate of drug-likeness (QED) is 0.0316.